The fourth-order valence-electron chi connectivity index (χ4n) is 0.409. The minimum atomic E-state index is 0.234. The predicted molar refractivity (Wildman–Crippen MR) is 52.3 cm³/mol. The summed E-state index contributed by atoms with van der Waals surface area (Å²) in [6.07, 6.45) is 0. The molecule has 2 atom stereocenters. The summed E-state index contributed by atoms with van der Waals surface area (Å²) in [7, 11) is 0. The van der Waals surface area contributed by atoms with E-state index in [1.807, 2.05) is 0 Å². The summed E-state index contributed by atoms with van der Waals surface area (Å²) in [6.45, 7) is 4.33. The van der Waals surface area contributed by atoms with Crippen molar-refractivity contribution in [2.24, 2.45) is 0 Å². The van der Waals surface area contributed by atoms with E-state index < -0.39 is 0 Å². The van der Waals surface area contributed by atoms with Gasteiger partial charge in [-0.25, -0.2) is 0 Å². The van der Waals surface area contributed by atoms with Crippen LogP contribution in [0.1, 0.15) is 13.8 Å². The first kappa shape index (κ1) is 10.5. The van der Waals surface area contributed by atoms with Gasteiger partial charge < -0.3 is 0 Å². The van der Waals surface area contributed by atoms with Crippen molar-refractivity contribution in [3.8, 4) is 0 Å². The predicted octanol–water partition coefficient (Wildman–Crippen LogP) is 2.16. The molecule has 0 fully saturated rings. The molecule has 0 amide bonds. The monoisotopic (exact) mass is 280 g/mol. The molecule has 0 N–H and O–H groups in total. The number of rotatable bonds is 4. The van der Waals surface area contributed by atoms with Crippen molar-refractivity contribution in [1.29, 1.82) is 0 Å². The Bertz CT molecular complexity index is 56.1. The van der Waals surface area contributed by atoms with Gasteiger partial charge in [-0.2, -0.15) is 0 Å². The van der Waals surface area contributed by atoms with Crippen LogP contribution in [0.25, 0.3) is 0 Å². The molecule has 3 heteroatoms. The van der Waals surface area contributed by atoms with Gasteiger partial charge in [0.2, 0.25) is 0 Å². The van der Waals surface area contributed by atoms with Gasteiger partial charge in [-0.3, -0.25) is 0 Å². The van der Waals surface area contributed by atoms with Crippen molar-refractivity contribution in [3.05, 3.63) is 0 Å². The fourth-order valence-corrected chi connectivity index (χ4v) is 4.16. The van der Waals surface area contributed by atoms with Crippen molar-refractivity contribution in [1.82, 2.24) is 0 Å². The molecule has 0 aromatic heterocycles. The van der Waals surface area contributed by atoms with E-state index in [9.17, 15) is 0 Å². The third-order valence-electron chi connectivity index (χ3n) is 0.718. The Balaban J connectivity index is 2.91. The maximum absolute atomic E-state index is 4.31. The van der Waals surface area contributed by atoms with Gasteiger partial charge in [-0.05, 0) is 0 Å². The molecule has 0 aromatic carbocycles. The van der Waals surface area contributed by atoms with E-state index in [-0.39, 0.29) is 20.9 Å². The quantitative estimate of drug-likeness (QED) is 0.571. The molecule has 0 spiro atoms. The molecule has 0 aliphatic carbocycles. The van der Waals surface area contributed by atoms with Crippen LogP contribution in [0, 0.1) is 0 Å². The zero-order chi connectivity index (χ0) is 7.28. The second kappa shape index (κ2) is 6.22. The van der Waals surface area contributed by atoms with Gasteiger partial charge in [0.15, 0.2) is 0 Å². The topological polar surface area (TPSA) is 0 Å². The van der Waals surface area contributed by atoms with Gasteiger partial charge in [-0.15, -0.1) is 0 Å². The van der Waals surface area contributed by atoms with Crippen LogP contribution in [0.5, 0.6) is 0 Å². The Kier molecular flexibility index (Phi) is 7.24. The third-order valence-corrected chi connectivity index (χ3v) is 6.82. The Labute approximate surface area is 79.1 Å². The molecule has 0 saturated heterocycles. The van der Waals surface area contributed by atoms with Crippen molar-refractivity contribution < 1.29 is 0 Å². The molecule has 0 nitrogen and oxygen atoms in total. The molecule has 0 heterocycles. The summed E-state index contributed by atoms with van der Waals surface area (Å²) < 4.78 is 2.69. The summed E-state index contributed by atoms with van der Waals surface area (Å²) in [5.74, 6) is 0. The Morgan fingerprint density at radius 3 is 1.67 bits per heavy atom. The first-order valence-electron chi connectivity index (χ1n) is 3.06. The van der Waals surface area contributed by atoms with E-state index in [1.54, 1.807) is 0 Å². The van der Waals surface area contributed by atoms with Gasteiger partial charge in [0, 0.05) is 0 Å². The Morgan fingerprint density at radius 2 is 1.44 bits per heavy atom. The van der Waals surface area contributed by atoms with Crippen LogP contribution >= 0.6 is 25.3 Å². The zero-order valence-corrected chi connectivity index (χ0v) is 9.99. The van der Waals surface area contributed by atoms with Crippen LogP contribution in [0.2, 0.25) is 8.94 Å². The molecule has 0 aliphatic heterocycles. The van der Waals surface area contributed by atoms with Crippen LogP contribution in [-0.4, -0.2) is 31.4 Å². The summed E-state index contributed by atoms with van der Waals surface area (Å²) in [4.78, 5) is 0. The standard InChI is InChI=1S/C6H14S2Te/c1-5(7)3-9-4-6(2)8/h5-8H,3-4H2,1-2H3. The van der Waals surface area contributed by atoms with Crippen molar-refractivity contribution >= 4 is 46.2 Å². The normalized spacial score (nSPS) is 17.3. The van der Waals surface area contributed by atoms with Gasteiger partial charge in [0.25, 0.3) is 0 Å². The summed E-state index contributed by atoms with van der Waals surface area (Å²) in [6, 6.07) is 0. The molecule has 0 aromatic rings. The van der Waals surface area contributed by atoms with E-state index in [2.05, 4.69) is 39.1 Å². The molecule has 2 unspecified atom stereocenters. The summed E-state index contributed by atoms with van der Waals surface area (Å²) in [5.41, 5.74) is 0. The number of hydrogen-bond acceptors (Lipinski definition) is 2. The SMILES string of the molecule is CC(S)C[Te]CC(C)S. The summed E-state index contributed by atoms with van der Waals surface area (Å²) in [5, 5.41) is 1.22. The van der Waals surface area contributed by atoms with E-state index in [0.717, 1.165) is 0 Å². The zero-order valence-electron chi connectivity index (χ0n) is 5.87. The minimum absolute atomic E-state index is 0.234. The second-order valence-electron chi connectivity index (χ2n) is 2.24. The van der Waals surface area contributed by atoms with Crippen molar-refractivity contribution in [2.45, 2.75) is 33.3 Å². The average molecular weight is 278 g/mol. The first-order valence-corrected chi connectivity index (χ1v) is 7.39. The number of thiol groups is 2. The number of hydrogen-bond donors (Lipinski definition) is 2. The van der Waals surface area contributed by atoms with E-state index in [0.29, 0.717) is 10.5 Å². The molecule has 9 heavy (non-hydrogen) atoms. The van der Waals surface area contributed by atoms with Crippen LogP contribution in [0.4, 0.5) is 0 Å². The van der Waals surface area contributed by atoms with Gasteiger partial charge >= 0.3 is 79.5 Å². The Hall–Kier alpha value is 1.49. The molecular formula is C6H14S2Te. The first-order chi connectivity index (χ1) is 4.13. The fraction of sp³-hybridized carbons (Fsp3) is 1.00. The molecule has 0 rings (SSSR count). The molecule has 0 bridgehead atoms. The van der Waals surface area contributed by atoms with Crippen LogP contribution in [0.3, 0.4) is 0 Å². The molecule has 0 saturated carbocycles. The van der Waals surface area contributed by atoms with Gasteiger partial charge in [0.1, 0.15) is 0 Å². The van der Waals surface area contributed by atoms with Crippen molar-refractivity contribution in [2.75, 3.05) is 0 Å². The van der Waals surface area contributed by atoms with Gasteiger partial charge in [-0.1, -0.05) is 0 Å². The maximum atomic E-state index is 4.31. The van der Waals surface area contributed by atoms with Crippen LogP contribution in [0.15, 0.2) is 0 Å². The molecule has 0 aliphatic rings. The third kappa shape index (κ3) is 9.49. The second-order valence-corrected chi connectivity index (χ2v) is 7.07. The van der Waals surface area contributed by atoms with E-state index in [4.69, 9.17) is 0 Å². The molecule has 0 radical (unpaired) electrons. The van der Waals surface area contributed by atoms with Crippen LogP contribution < -0.4 is 0 Å². The average Bonchev–Trinajstić information content (AvgIpc) is 1.63. The van der Waals surface area contributed by atoms with E-state index in [1.165, 1.54) is 8.94 Å². The summed E-state index contributed by atoms with van der Waals surface area (Å²) >= 11 is 8.85. The van der Waals surface area contributed by atoms with E-state index >= 15 is 0 Å². The van der Waals surface area contributed by atoms with Crippen molar-refractivity contribution in [3.63, 3.8) is 0 Å². The molecule has 56 valence electrons. The Morgan fingerprint density at radius 1 is 1.11 bits per heavy atom. The van der Waals surface area contributed by atoms with Crippen LogP contribution in [-0.2, 0) is 0 Å². The van der Waals surface area contributed by atoms with Gasteiger partial charge in [0.05, 0.1) is 0 Å². The molecular weight excluding hydrogens is 264 g/mol.